The van der Waals surface area contributed by atoms with Crippen LogP contribution in [0.2, 0.25) is 0 Å². The summed E-state index contributed by atoms with van der Waals surface area (Å²) >= 11 is 0. The minimum absolute atomic E-state index is 0.700. The van der Waals surface area contributed by atoms with Crippen LogP contribution in [0.4, 0.5) is 0 Å². The molecule has 0 unspecified atom stereocenters. The van der Waals surface area contributed by atoms with Crippen LogP contribution in [0.3, 0.4) is 0 Å². The highest BCUT2D eigenvalue weighted by Crippen LogP contribution is 2.05. The Morgan fingerprint density at radius 2 is 1.92 bits per heavy atom. The van der Waals surface area contributed by atoms with Gasteiger partial charge in [0, 0.05) is 0 Å². The molecule has 0 atom stereocenters. The second kappa shape index (κ2) is 6.34. The van der Waals surface area contributed by atoms with E-state index in [4.69, 9.17) is 4.74 Å². The van der Waals surface area contributed by atoms with Gasteiger partial charge >= 0.3 is 0 Å². The van der Waals surface area contributed by atoms with Crippen molar-refractivity contribution in [2.75, 3.05) is 6.61 Å². The smallest absolute Gasteiger partial charge is 0.159 e. The van der Waals surface area contributed by atoms with Gasteiger partial charge in [-0.15, -0.1) is 10.2 Å². The molecule has 0 aliphatic carbocycles. The van der Waals surface area contributed by atoms with Gasteiger partial charge in [0.1, 0.15) is 0 Å². The number of rotatable bonds is 6. The number of hydrogen-bond acceptors (Lipinski definition) is 4. The monoisotopic (exact) mass is 181 g/mol. The van der Waals surface area contributed by atoms with Crippen molar-refractivity contribution in [1.29, 1.82) is 0 Å². The Kier molecular flexibility index (Phi) is 4.83. The van der Waals surface area contributed by atoms with Gasteiger partial charge in [-0.3, -0.25) is 0 Å². The maximum atomic E-state index is 5.39. The minimum Gasteiger partial charge on any atom is -0.490 e. The van der Waals surface area contributed by atoms with Gasteiger partial charge in [-0.05, 0) is 11.6 Å². The predicted molar refractivity (Wildman–Crippen MR) is 49.5 cm³/mol. The Balaban J connectivity index is 2.07. The molecule has 0 bridgehead atoms. The molecule has 0 fully saturated rings. The molecule has 1 rings (SSSR count). The lowest BCUT2D eigenvalue weighted by atomic mass is 10.2. The molecule has 72 valence electrons. The van der Waals surface area contributed by atoms with E-state index in [9.17, 15) is 0 Å². The molecule has 1 aromatic heterocycles. The van der Waals surface area contributed by atoms with E-state index < -0.39 is 0 Å². The number of hydrogen-bond donors (Lipinski definition) is 0. The fourth-order valence-electron chi connectivity index (χ4n) is 1.02. The molecule has 1 aromatic rings. The van der Waals surface area contributed by atoms with E-state index in [1.165, 1.54) is 19.3 Å². The molecular weight excluding hydrogens is 166 g/mol. The van der Waals surface area contributed by atoms with Gasteiger partial charge in [0.05, 0.1) is 19.0 Å². The number of nitrogens with zero attached hydrogens (tertiary/aromatic N) is 3. The molecule has 0 aliphatic rings. The van der Waals surface area contributed by atoms with E-state index in [0.29, 0.717) is 5.75 Å². The second-order valence-corrected chi connectivity index (χ2v) is 2.89. The zero-order valence-corrected chi connectivity index (χ0v) is 7.94. The lowest BCUT2D eigenvalue weighted by Gasteiger charge is -2.03. The summed E-state index contributed by atoms with van der Waals surface area (Å²) in [5.41, 5.74) is 0. The Morgan fingerprint density at radius 1 is 1.15 bits per heavy atom. The van der Waals surface area contributed by atoms with Crippen LogP contribution in [0.25, 0.3) is 0 Å². The molecule has 0 amide bonds. The lowest BCUT2D eigenvalue weighted by Crippen LogP contribution is -1.98. The average molecular weight is 181 g/mol. The largest absolute Gasteiger partial charge is 0.490 e. The Labute approximate surface area is 78.3 Å². The van der Waals surface area contributed by atoms with E-state index in [1.807, 2.05) is 0 Å². The first-order chi connectivity index (χ1) is 6.43. The van der Waals surface area contributed by atoms with Crippen molar-refractivity contribution >= 4 is 0 Å². The zero-order valence-electron chi connectivity index (χ0n) is 7.94. The maximum absolute atomic E-state index is 5.39. The van der Waals surface area contributed by atoms with Crippen LogP contribution in [0.5, 0.6) is 5.75 Å². The van der Waals surface area contributed by atoms with Gasteiger partial charge in [0.2, 0.25) is 0 Å². The van der Waals surface area contributed by atoms with Crippen molar-refractivity contribution < 1.29 is 4.74 Å². The van der Waals surface area contributed by atoms with Gasteiger partial charge in [0.15, 0.2) is 5.75 Å². The Morgan fingerprint density at radius 3 is 2.62 bits per heavy atom. The number of ether oxygens (including phenoxy) is 1. The van der Waals surface area contributed by atoms with Crippen LogP contribution in [0.1, 0.15) is 32.6 Å². The van der Waals surface area contributed by atoms with Crippen molar-refractivity contribution in [3.05, 3.63) is 12.4 Å². The van der Waals surface area contributed by atoms with Crippen LogP contribution >= 0.6 is 0 Å². The predicted octanol–water partition coefficient (Wildman–Crippen LogP) is 1.83. The van der Waals surface area contributed by atoms with Crippen LogP contribution < -0.4 is 4.74 Å². The molecule has 13 heavy (non-hydrogen) atoms. The molecule has 0 spiro atoms. The molecular formula is C9H15N3O. The second-order valence-electron chi connectivity index (χ2n) is 2.89. The summed E-state index contributed by atoms with van der Waals surface area (Å²) in [6, 6.07) is 0. The van der Waals surface area contributed by atoms with E-state index in [2.05, 4.69) is 22.3 Å². The van der Waals surface area contributed by atoms with Crippen LogP contribution in [-0.2, 0) is 0 Å². The maximum Gasteiger partial charge on any atom is 0.159 e. The van der Waals surface area contributed by atoms with Crippen molar-refractivity contribution in [2.45, 2.75) is 32.6 Å². The van der Waals surface area contributed by atoms with E-state index >= 15 is 0 Å². The normalized spacial score (nSPS) is 9.92. The molecule has 0 radical (unpaired) electrons. The molecule has 0 N–H and O–H groups in total. The SMILES string of the molecule is CCCCCCOc1cnnnc1. The minimum atomic E-state index is 0.700. The van der Waals surface area contributed by atoms with E-state index in [1.54, 1.807) is 12.4 Å². The van der Waals surface area contributed by atoms with Crippen LogP contribution in [0.15, 0.2) is 12.4 Å². The molecule has 1 heterocycles. The Bertz CT molecular complexity index is 215. The first kappa shape index (κ1) is 9.89. The molecule has 0 aliphatic heterocycles. The summed E-state index contributed by atoms with van der Waals surface area (Å²) in [6.45, 7) is 2.94. The number of aromatic nitrogens is 3. The van der Waals surface area contributed by atoms with Gasteiger partial charge in [-0.1, -0.05) is 26.2 Å². The highest BCUT2D eigenvalue weighted by molar-refractivity contribution is 5.08. The highest BCUT2D eigenvalue weighted by atomic mass is 16.5. The molecule has 0 saturated heterocycles. The van der Waals surface area contributed by atoms with Crippen molar-refractivity contribution in [3.63, 3.8) is 0 Å². The standard InChI is InChI=1S/C9H15N3O/c1-2-3-4-5-6-13-9-7-10-12-11-8-9/h7-8H,2-6H2,1H3. The molecule has 4 heteroatoms. The first-order valence-corrected chi connectivity index (χ1v) is 4.69. The summed E-state index contributed by atoms with van der Waals surface area (Å²) in [7, 11) is 0. The lowest BCUT2D eigenvalue weighted by molar-refractivity contribution is 0.301. The quantitative estimate of drug-likeness (QED) is 0.628. The summed E-state index contributed by atoms with van der Waals surface area (Å²) in [5, 5.41) is 10.7. The topological polar surface area (TPSA) is 47.9 Å². The first-order valence-electron chi connectivity index (χ1n) is 4.69. The highest BCUT2D eigenvalue weighted by Gasteiger charge is 1.92. The van der Waals surface area contributed by atoms with Gasteiger partial charge in [0.25, 0.3) is 0 Å². The third-order valence-electron chi connectivity index (χ3n) is 1.74. The van der Waals surface area contributed by atoms with Gasteiger partial charge in [-0.25, -0.2) is 0 Å². The van der Waals surface area contributed by atoms with Crippen molar-refractivity contribution in [2.24, 2.45) is 0 Å². The van der Waals surface area contributed by atoms with Crippen LogP contribution in [0, 0.1) is 0 Å². The van der Waals surface area contributed by atoms with E-state index in [0.717, 1.165) is 13.0 Å². The van der Waals surface area contributed by atoms with Gasteiger partial charge in [-0.2, -0.15) is 0 Å². The summed E-state index contributed by atoms with van der Waals surface area (Å²) in [6.07, 6.45) is 7.99. The summed E-state index contributed by atoms with van der Waals surface area (Å²) < 4.78 is 5.39. The fraction of sp³-hybridized carbons (Fsp3) is 0.667. The summed E-state index contributed by atoms with van der Waals surface area (Å²) in [4.78, 5) is 0. The zero-order chi connectivity index (χ0) is 9.36. The van der Waals surface area contributed by atoms with Gasteiger partial charge < -0.3 is 4.74 Å². The van der Waals surface area contributed by atoms with Crippen molar-refractivity contribution in [1.82, 2.24) is 15.4 Å². The van der Waals surface area contributed by atoms with Crippen molar-refractivity contribution in [3.8, 4) is 5.75 Å². The summed E-state index contributed by atoms with van der Waals surface area (Å²) in [5.74, 6) is 0.700. The molecule has 0 aromatic carbocycles. The third kappa shape index (κ3) is 4.40. The third-order valence-corrected chi connectivity index (χ3v) is 1.74. The molecule has 0 saturated carbocycles. The van der Waals surface area contributed by atoms with E-state index in [-0.39, 0.29) is 0 Å². The fourth-order valence-corrected chi connectivity index (χ4v) is 1.02. The molecule has 4 nitrogen and oxygen atoms in total. The average Bonchev–Trinajstić information content (AvgIpc) is 2.19. The number of unbranched alkanes of at least 4 members (excludes halogenated alkanes) is 3. The Hall–Kier alpha value is -1.19. The van der Waals surface area contributed by atoms with Crippen LogP contribution in [-0.4, -0.2) is 22.0 Å².